The molecular weight excluding hydrogens is 146 g/mol. The zero-order valence-corrected chi connectivity index (χ0v) is 7.38. The summed E-state index contributed by atoms with van der Waals surface area (Å²) >= 11 is 0. The smallest absolute Gasteiger partial charge is 0.0426 e. The molecule has 0 bridgehead atoms. The highest BCUT2D eigenvalue weighted by atomic mass is 14.7. The second kappa shape index (κ2) is 3.10. The molecule has 0 spiro atoms. The first-order valence-corrected chi connectivity index (χ1v) is 4.53. The van der Waals surface area contributed by atoms with Gasteiger partial charge < -0.3 is 0 Å². The Morgan fingerprint density at radius 1 is 1.25 bits per heavy atom. The zero-order valence-electron chi connectivity index (χ0n) is 7.38. The second-order valence-corrected chi connectivity index (χ2v) is 3.08. The first kappa shape index (κ1) is 7.53. The molecule has 1 nitrogen and oxygen atoms in total. The number of nitrogens with zero attached hydrogens (tertiary/aromatic N) is 1. The van der Waals surface area contributed by atoms with E-state index in [9.17, 15) is 0 Å². The lowest BCUT2D eigenvalue weighted by Crippen LogP contribution is -1.94. The normalized spacial score (nSPS) is 18.2. The summed E-state index contributed by atoms with van der Waals surface area (Å²) in [5, 5.41) is 0. The van der Waals surface area contributed by atoms with Crippen molar-refractivity contribution < 1.29 is 0 Å². The number of benzene rings is 1. The van der Waals surface area contributed by atoms with Gasteiger partial charge in [0.05, 0.1) is 0 Å². The lowest BCUT2D eigenvalue weighted by atomic mass is 10.1. The van der Waals surface area contributed by atoms with Crippen LogP contribution in [0.2, 0.25) is 0 Å². The van der Waals surface area contributed by atoms with Gasteiger partial charge in [0.1, 0.15) is 0 Å². The third-order valence-corrected chi connectivity index (χ3v) is 2.31. The number of aryl methyl sites for hydroxylation is 1. The van der Waals surface area contributed by atoms with Crippen LogP contribution in [0.15, 0.2) is 29.3 Å². The van der Waals surface area contributed by atoms with E-state index in [2.05, 4.69) is 36.2 Å². The number of hydrogen-bond donors (Lipinski definition) is 0. The Bertz CT molecular complexity index is 313. The molecule has 12 heavy (non-hydrogen) atoms. The van der Waals surface area contributed by atoms with Gasteiger partial charge in [0, 0.05) is 12.3 Å². The van der Waals surface area contributed by atoms with Crippen LogP contribution in [0.25, 0.3) is 0 Å². The standard InChI is InChI=1S/C11H13N/c1-2-12-11-8-7-9-5-3-4-6-10(9)11/h3-6H,2,7-8H2,1H3. The van der Waals surface area contributed by atoms with Gasteiger partial charge in [0.2, 0.25) is 0 Å². The summed E-state index contributed by atoms with van der Waals surface area (Å²) in [6.07, 6.45) is 2.31. The fraction of sp³-hybridized carbons (Fsp3) is 0.364. The minimum Gasteiger partial charge on any atom is -0.289 e. The zero-order chi connectivity index (χ0) is 8.39. The van der Waals surface area contributed by atoms with Crippen molar-refractivity contribution in [2.75, 3.05) is 6.54 Å². The van der Waals surface area contributed by atoms with Gasteiger partial charge in [-0.15, -0.1) is 0 Å². The molecule has 0 atom stereocenters. The number of rotatable bonds is 1. The van der Waals surface area contributed by atoms with Crippen molar-refractivity contribution in [1.82, 2.24) is 0 Å². The van der Waals surface area contributed by atoms with Crippen LogP contribution in [0.5, 0.6) is 0 Å². The monoisotopic (exact) mass is 159 g/mol. The van der Waals surface area contributed by atoms with Crippen molar-refractivity contribution in [3.05, 3.63) is 35.4 Å². The summed E-state index contributed by atoms with van der Waals surface area (Å²) < 4.78 is 0. The molecule has 1 aromatic carbocycles. The molecule has 0 N–H and O–H groups in total. The molecule has 1 aliphatic rings. The van der Waals surface area contributed by atoms with Crippen LogP contribution in [0.1, 0.15) is 24.5 Å². The number of fused-ring (bicyclic) bond motifs is 1. The van der Waals surface area contributed by atoms with Crippen LogP contribution in [-0.4, -0.2) is 12.3 Å². The summed E-state index contributed by atoms with van der Waals surface area (Å²) in [5.41, 5.74) is 4.14. The Hall–Kier alpha value is -1.11. The van der Waals surface area contributed by atoms with Gasteiger partial charge in [-0.05, 0) is 30.9 Å². The minimum atomic E-state index is 0.906. The summed E-state index contributed by atoms with van der Waals surface area (Å²) in [4.78, 5) is 4.48. The molecule has 0 fully saturated rings. The van der Waals surface area contributed by atoms with Gasteiger partial charge in [-0.2, -0.15) is 0 Å². The molecule has 62 valence electrons. The highest BCUT2D eigenvalue weighted by Crippen LogP contribution is 2.21. The van der Waals surface area contributed by atoms with Gasteiger partial charge in [0.25, 0.3) is 0 Å². The average molecular weight is 159 g/mol. The molecule has 0 saturated carbocycles. The Balaban J connectivity index is 2.43. The quantitative estimate of drug-likeness (QED) is 0.596. The Morgan fingerprint density at radius 2 is 2.08 bits per heavy atom. The van der Waals surface area contributed by atoms with Crippen molar-refractivity contribution in [2.45, 2.75) is 19.8 Å². The van der Waals surface area contributed by atoms with E-state index in [1.165, 1.54) is 23.3 Å². The fourth-order valence-corrected chi connectivity index (χ4v) is 1.76. The molecule has 0 radical (unpaired) electrons. The van der Waals surface area contributed by atoms with E-state index in [0.29, 0.717) is 0 Å². The summed E-state index contributed by atoms with van der Waals surface area (Å²) in [6.45, 7) is 3.00. The molecule has 0 aromatic heterocycles. The van der Waals surface area contributed by atoms with Crippen LogP contribution in [-0.2, 0) is 6.42 Å². The molecule has 1 aromatic rings. The highest BCUT2D eigenvalue weighted by molar-refractivity contribution is 6.04. The van der Waals surface area contributed by atoms with Crippen LogP contribution in [0, 0.1) is 0 Å². The SMILES string of the molecule is CCN=C1CCc2ccccc21. The molecule has 1 aliphatic carbocycles. The van der Waals surface area contributed by atoms with Crippen LogP contribution < -0.4 is 0 Å². The van der Waals surface area contributed by atoms with E-state index in [0.717, 1.165) is 13.0 Å². The summed E-state index contributed by atoms with van der Waals surface area (Å²) in [7, 11) is 0. The van der Waals surface area contributed by atoms with Crippen molar-refractivity contribution in [3.8, 4) is 0 Å². The largest absolute Gasteiger partial charge is 0.289 e. The highest BCUT2D eigenvalue weighted by Gasteiger charge is 2.15. The molecule has 1 heteroatoms. The van der Waals surface area contributed by atoms with E-state index in [1.54, 1.807) is 0 Å². The topological polar surface area (TPSA) is 12.4 Å². The Kier molecular flexibility index (Phi) is 1.94. The maximum Gasteiger partial charge on any atom is 0.0426 e. The number of hydrogen-bond acceptors (Lipinski definition) is 1. The maximum absolute atomic E-state index is 4.48. The van der Waals surface area contributed by atoms with Crippen LogP contribution >= 0.6 is 0 Å². The first-order valence-electron chi connectivity index (χ1n) is 4.53. The predicted octanol–water partition coefficient (Wildman–Crippen LogP) is 2.44. The first-order chi connectivity index (χ1) is 5.92. The van der Waals surface area contributed by atoms with Crippen molar-refractivity contribution in [1.29, 1.82) is 0 Å². The molecule has 0 aliphatic heterocycles. The average Bonchev–Trinajstić information content (AvgIpc) is 2.50. The second-order valence-electron chi connectivity index (χ2n) is 3.08. The molecule has 0 saturated heterocycles. The lowest BCUT2D eigenvalue weighted by molar-refractivity contribution is 1.06. The molecule has 0 unspecified atom stereocenters. The fourth-order valence-electron chi connectivity index (χ4n) is 1.76. The molecular formula is C11H13N. The van der Waals surface area contributed by atoms with E-state index in [-0.39, 0.29) is 0 Å². The van der Waals surface area contributed by atoms with Gasteiger partial charge in [-0.3, -0.25) is 4.99 Å². The van der Waals surface area contributed by atoms with E-state index in [4.69, 9.17) is 0 Å². The van der Waals surface area contributed by atoms with Gasteiger partial charge in [0.15, 0.2) is 0 Å². The number of aliphatic imine (C=N–C) groups is 1. The van der Waals surface area contributed by atoms with Gasteiger partial charge in [-0.1, -0.05) is 24.3 Å². The maximum atomic E-state index is 4.48. The predicted molar refractivity (Wildman–Crippen MR) is 51.8 cm³/mol. The third kappa shape index (κ3) is 1.15. The molecule has 0 heterocycles. The van der Waals surface area contributed by atoms with E-state index in [1.807, 2.05) is 0 Å². The van der Waals surface area contributed by atoms with Crippen molar-refractivity contribution in [3.63, 3.8) is 0 Å². The van der Waals surface area contributed by atoms with Crippen LogP contribution in [0.4, 0.5) is 0 Å². The summed E-state index contributed by atoms with van der Waals surface area (Å²) in [6, 6.07) is 8.58. The van der Waals surface area contributed by atoms with Gasteiger partial charge >= 0.3 is 0 Å². The molecule has 2 rings (SSSR count). The summed E-state index contributed by atoms with van der Waals surface area (Å²) in [5.74, 6) is 0. The van der Waals surface area contributed by atoms with E-state index < -0.39 is 0 Å². The van der Waals surface area contributed by atoms with Crippen molar-refractivity contribution in [2.24, 2.45) is 4.99 Å². The van der Waals surface area contributed by atoms with Crippen LogP contribution in [0.3, 0.4) is 0 Å². The molecule has 0 amide bonds. The van der Waals surface area contributed by atoms with Crippen molar-refractivity contribution >= 4 is 5.71 Å². The van der Waals surface area contributed by atoms with E-state index >= 15 is 0 Å². The third-order valence-electron chi connectivity index (χ3n) is 2.31. The minimum absolute atomic E-state index is 0.906. The lowest BCUT2D eigenvalue weighted by Gasteiger charge is -1.97. The van der Waals surface area contributed by atoms with Gasteiger partial charge in [-0.25, -0.2) is 0 Å². The Labute approximate surface area is 73.1 Å². The Morgan fingerprint density at radius 3 is 2.92 bits per heavy atom.